The molecular weight excluding hydrogens is 314 g/mol. The van der Waals surface area contributed by atoms with Crippen LogP contribution in [0.5, 0.6) is 0 Å². The van der Waals surface area contributed by atoms with Gasteiger partial charge in [0.05, 0.1) is 11.6 Å². The molecule has 0 unspecified atom stereocenters. The predicted molar refractivity (Wildman–Crippen MR) is 87.8 cm³/mol. The number of aromatic nitrogens is 1. The van der Waals surface area contributed by atoms with E-state index in [1.807, 2.05) is 29.0 Å². The minimum Gasteiger partial charge on any atom is -0.347 e. The Hall–Kier alpha value is -2.49. The second-order valence-electron chi connectivity index (χ2n) is 4.54. The molecule has 0 spiro atoms. The number of carbonyl (C=O) groups is 1. The van der Waals surface area contributed by atoms with Crippen LogP contribution < -0.4 is 5.32 Å². The van der Waals surface area contributed by atoms with Crippen LogP contribution in [0.4, 0.5) is 0 Å². The van der Waals surface area contributed by atoms with Crippen molar-refractivity contribution in [2.45, 2.75) is 6.54 Å². The van der Waals surface area contributed by atoms with E-state index in [9.17, 15) is 4.79 Å². The highest BCUT2D eigenvalue weighted by atomic mass is 32.1. The number of nitriles is 1. The summed E-state index contributed by atoms with van der Waals surface area (Å²) < 4.78 is 0. The number of carbonyl (C=O) groups excluding carboxylic acids is 1. The van der Waals surface area contributed by atoms with E-state index in [-0.39, 0.29) is 5.91 Å². The van der Waals surface area contributed by atoms with Crippen molar-refractivity contribution in [3.63, 3.8) is 0 Å². The number of thiazole rings is 1. The third kappa shape index (κ3) is 3.22. The maximum Gasteiger partial charge on any atom is 0.271 e. The highest BCUT2D eigenvalue weighted by molar-refractivity contribution is 7.14. The number of nitrogens with zero attached hydrogens (tertiary/aromatic N) is 2. The van der Waals surface area contributed by atoms with E-state index >= 15 is 0 Å². The van der Waals surface area contributed by atoms with Crippen LogP contribution in [-0.2, 0) is 6.54 Å². The zero-order valence-electron chi connectivity index (χ0n) is 11.4. The second kappa shape index (κ2) is 6.52. The molecule has 1 amide bonds. The van der Waals surface area contributed by atoms with Gasteiger partial charge < -0.3 is 5.32 Å². The van der Waals surface area contributed by atoms with Gasteiger partial charge in [-0.1, -0.05) is 12.1 Å². The molecular formula is C16H11N3OS2. The normalized spacial score (nSPS) is 10.1. The van der Waals surface area contributed by atoms with Crippen LogP contribution in [0.1, 0.15) is 21.6 Å². The molecule has 3 aromatic rings. The van der Waals surface area contributed by atoms with Gasteiger partial charge in [0.25, 0.3) is 5.91 Å². The fraction of sp³-hybridized carbons (Fsp3) is 0.0625. The minimum absolute atomic E-state index is 0.193. The molecule has 0 fully saturated rings. The first-order valence-electron chi connectivity index (χ1n) is 6.51. The molecule has 1 N–H and O–H groups in total. The first-order valence-corrected chi connectivity index (χ1v) is 8.34. The SMILES string of the molecule is N#Cc1ccc(CNC(=O)c2csc(-c3ccsc3)n2)cc1. The Morgan fingerprint density at radius 1 is 1.23 bits per heavy atom. The Morgan fingerprint density at radius 2 is 2.05 bits per heavy atom. The summed E-state index contributed by atoms with van der Waals surface area (Å²) in [6.45, 7) is 0.413. The quantitative estimate of drug-likeness (QED) is 0.796. The van der Waals surface area contributed by atoms with Crippen molar-refractivity contribution in [1.29, 1.82) is 5.26 Å². The van der Waals surface area contributed by atoms with Crippen LogP contribution >= 0.6 is 22.7 Å². The summed E-state index contributed by atoms with van der Waals surface area (Å²) in [5, 5.41) is 18.2. The van der Waals surface area contributed by atoms with Crippen molar-refractivity contribution < 1.29 is 4.79 Å². The monoisotopic (exact) mass is 325 g/mol. The van der Waals surface area contributed by atoms with Gasteiger partial charge in [0, 0.05) is 22.9 Å². The largest absolute Gasteiger partial charge is 0.347 e. The smallest absolute Gasteiger partial charge is 0.271 e. The van der Waals surface area contributed by atoms with Crippen molar-refractivity contribution in [2.75, 3.05) is 0 Å². The molecule has 0 atom stereocenters. The standard InChI is InChI=1S/C16H11N3OS2/c17-7-11-1-3-12(4-2-11)8-18-15(20)14-10-22-16(19-14)13-5-6-21-9-13/h1-6,9-10H,8H2,(H,18,20). The number of benzene rings is 1. The molecule has 0 aliphatic rings. The second-order valence-corrected chi connectivity index (χ2v) is 6.18. The molecule has 2 aromatic heterocycles. The lowest BCUT2D eigenvalue weighted by Gasteiger charge is -2.03. The molecule has 3 rings (SSSR count). The highest BCUT2D eigenvalue weighted by Crippen LogP contribution is 2.25. The Morgan fingerprint density at radius 3 is 2.73 bits per heavy atom. The first kappa shape index (κ1) is 14.4. The fourth-order valence-electron chi connectivity index (χ4n) is 1.87. The molecule has 4 nitrogen and oxygen atoms in total. The van der Waals surface area contributed by atoms with E-state index < -0.39 is 0 Å². The van der Waals surface area contributed by atoms with E-state index in [4.69, 9.17) is 5.26 Å². The van der Waals surface area contributed by atoms with Gasteiger partial charge in [0.15, 0.2) is 0 Å². The Kier molecular flexibility index (Phi) is 4.28. The van der Waals surface area contributed by atoms with Crippen molar-refractivity contribution in [3.05, 3.63) is 63.3 Å². The van der Waals surface area contributed by atoms with Gasteiger partial charge in [-0.3, -0.25) is 4.79 Å². The van der Waals surface area contributed by atoms with Gasteiger partial charge in [0.1, 0.15) is 10.7 Å². The topological polar surface area (TPSA) is 65.8 Å². The predicted octanol–water partition coefficient (Wildman–Crippen LogP) is 3.67. The average Bonchev–Trinajstić information content (AvgIpc) is 3.23. The summed E-state index contributed by atoms with van der Waals surface area (Å²) in [4.78, 5) is 16.5. The van der Waals surface area contributed by atoms with Gasteiger partial charge in [-0.25, -0.2) is 4.98 Å². The van der Waals surface area contributed by atoms with Gasteiger partial charge >= 0.3 is 0 Å². The van der Waals surface area contributed by atoms with Gasteiger partial charge in [0.2, 0.25) is 0 Å². The molecule has 22 heavy (non-hydrogen) atoms. The van der Waals surface area contributed by atoms with E-state index in [1.54, 1.807) is 28.8 Å². The van der Waals surface area contributed by atoms with Crippen LogP contribution in [0.25, 0.3) is 10.6 Å². The highest BCUT2D eigenvalue weighted by Gasteiger charge is 2.11. The molecule has 108 valence electrons. The number of rotatable bonds is 4. The number of amides is 1. The first-order chi connectivity index (χ1) is 10.8. The van der Waals surface area contributed by atoms with Crippen molar-refractivity contribution >= 4 is 28.6 Å². The average molecular weight is 325 g/mol. The molecule has 0 bridgehead atoms. The van der Waals surface area contributed by atoms with Crippen LogP contribution in [0.15, 0.2) is 46.5 Å². The maximum absolute atomic E-state index is 12.1. The molecule has 0 saturated carbocycles. The third-order valence-corrected chi connectivity index (χ3v) is 4.62. The lowest BCUT2D eigenvalue weighted by Crippen LogP contribution is -2.23. The maximum atomic E-state index is 12.1. The van der Waals surface area contributed by atoms with E-state index in [0.29, 0.717) is 17.8 Å². The molecule has 0 aliphatic carbocycles. The summed E-state index contributed by atoms with van der Waals surface area (Å²) in [7, 11) is 0. The lowest BCUT2D eigenvalue weighted by molar-refractivity contribution is 0.0946. The third-order valence-electron chi connectivity index (χ3n) is 3.04. The van der Waals surface area contributed by atoms with Crippen LogP contribution in [0.2, 0.25) is 0 Å². The Bertz CT molecular complexity index is 814. The van der Waals surface area contributed by atoms with Gasteiger partial charge in [-0.05, 0) is 29.1 Å². The van der Waals surface area contributed by atoms with E-state index in [0.717, 1.165) is 16.1 Å². The summed E-state index contributed by atoms with van der Waals surface area (Å²) in [6.07, 6.45) is 0. The van der Waals surface area contributed by atoms with E-state index in [1.165, 1.54) is 11.3 Å². The van der Waals surface area contributed by atoms with Crippen LogP contribution in [0.3, 0.4) is 0 Å². The molecule has 0 radical (unpaired) electrons. The molecule has 6 heteroatoms. The van der Waals surface area contributed by atoms with E-state index in [2.05, 4.69) is 16.4 Å². The summed E-state index contributed by atoms with van der Waals surface area (Å²) in [5.41, 5.74) is 3.02. The summed E-state index contributed by atoms with van der Waals surface area (Å²) in [6, 6.07) is 11.2. The Labute approximate surface area is 135 Å². The number of thiophene rings is 1. The molecule has 1 aromatic carbocycles. The number of nitrogens with one attached hydrogen (secondary N) is 1. The van der Waals surface area contributed by atoms with Gasteiger partial charge in [-0.2, -0.15) is 16.6 Å². The fourth-order valence-corrected chi connectivity index (χ4v) is 3.38. The minimum atomic E-state index is -0.193. The molecule has 0 aliphatic heterocycles. The molecule has 0 saturated heterocycles. The zero-order chi connectivity index (χ0) is 15.4. The lowest BCUT2D eigenvalue weighted by atomic mass is 10.1. The summed E-state index contributed by atoms with van der Waals surface area (Å²) in [5.74, 6) is -0.193. The zero-order valence-corrected chi connectivity index (χ0v) is 13.1. The number of hydrogen-bond acceptors (Lipinski definition) is 5. The Balaban J connectivity index is 1.63. The summed E-state index contributed by atoms with van der Waals surface area (Å²) >= 11 is 3.07. The van der Waals surface area contributed by atoms with Crippen molar-refractivity contribution in [1.82, 2.24) is 10.3 Å². The molecule has 2 heterocycles. The van der Waals surface area contributed by atoms with Crippen molar-refractivity contribution in [2.24, 2.45) is 0 Å². The van der Waals surface area contributed by atoms with Gasteiger partial charge in [-0.15, -0.1) is 11.3 Å². The number of hydrogen-bond donors (Lipinski definition) is 1. The van der Waals surface area contributed by atoms with Crippen LogP contribution in [-0.4, -0.2) is 10.9 Å². The van der Waals surface area contributed by atoms with Crippen LogP contribution in [0, 0.1) is 11.3 Å². The van der Waals surface area contributed by atoms with Crippen molar-refractivity contribution in [3.8, 4) is 16.6 Å².